The van der Waals surface area contributed by atoms with E-state index in [2.05, 4.69) is 76.2 Å². The van der Waals surface area contributed by atoms with Crippen LogP contribution in [0.3, 0.4) is 0 Å². The van der Waals surface area contributed by atoms with Gasteiger partial charge in [0.1, 0.15) is 23.1 Å². The van der Waals surface area contributed by atoms with Crippen molar-refractivity contribution in [2.75, 3.05) is 0 Å². The summed E-state index contributed by atoms with van der Waals surface area (Å²) in [5.74, 6) is 0.118. The van der Waals surface area contributed by atoms with E-state index < -0.39 is 48.3 Å². The van der Waals surface area contributed by atoms with Crippen LogP contribution in [0.25, 0.3) is 0 Å². The largest absolute Gasteiger partial charge is 0.481 e. The van der Waals surface area contributed by atoms with Gasteiger partial charge < -0.3 is 40.9 Å². The Hall–Kier alpha value is -6.72. The number of Topliss-reactive ketones (excluding diaryl/α,β-unsaturated/α-hetero) is 4. The van der Waals surface area contributed by atoms with E-state index in [0.717, 1.165) is 279 Å². The number of unbranched alkanes of at least 4 members (excludes halogenated alkanes) is 20. The van der Waals surface area contributed by atoms with Gasteiger partial charge >= 0.3 is 23.9 Å². The molecule has 0 unspecified atom stereocenters. The summed E-state index contributed by atoms with van der Waals surface area (Å²) in [5.41, 5.74) is 8.74. The Kier molecular flexibility index (Phi) is 47.7. The van der Waals surface area contributed by atoms with E-state index in [1.165, 1.54) is 22.3 Å². The quantitative estimate of drug-likeness (QED) is 0.0191. The van der Waals surface area contributed by atoms with E-state index in [1.54, 1.807) is 0 Å². The van der Waals surface area contributed by atoms with Gasteiger partial charge in [0.15, 0.2) is 0 Å². The van der Waals surface area contributed by atoms with Crippen LogP contribution in [0.1, 0.15) is 428 Å². The van der Waals surface area contributed by atoms with Crippen LogP contribution in [-0.4, -0.2) is 87.9 Å². The molecule has 4 aliphatic carbocycles. The van der Waals surface area contributed by atoms with Crippen molar-refractivity contribution < 1.29 is 79.2 Å². The Labute approximate surface area is 672 Å². The molecule has 4 saturated carbocycles. The number of carboxylic acids is 4. The highest BCUT2D eigenvalue weighted by molar-refractivity contribution is 5.86. The number of rotatable bonds is 52. The average molecular weight is 1550 g/mol. The molecule has 624 valence electrons. The highest BCUT2D eigenvalue weighted by Crippen LogP contribution is 2.45. The molecule has 16 nitrogen and oxygen atoms in total. The first-order valence-electron chi connectivity index (χ1n) is 44.2. The van der Waals surface area contributed by atoms with Crippen LogP contribution in [0.2, 0.25) is 0 Å². The van der Waals surface area contributed by atoms with E-state index in [9.17, 15) is 58.8 Å². The van der Waals surface area contributed by atoms with Crippen molar-refractivity contribution >= 4 is 47.0 Å². The van der Waals surface area contributed by atoms with Gasteiger partial charge in [-0.15, -0.1) is 0 Å². The third-order valence-corrected chi connectivity index (χ3v) is 24.3. The maximum atomic E-state index is 12.4. The molecule has 0 aliphatic heterocycles. The molecule has 0 spiro atoms. The number of aliphatic hydroxyl groups is 4. The summed E-state index contributed by atoms with van der Waals surface area (Å²) < 4.78 is 0. The Bertz CT molecular complexity index is 2870. The van der Waals surface area contributed by atoms with Gasteiger partial charge in [-0.05, 0) is 171 Å². The zero-order chi connectivity index (χ0) is 81.4. The number of carboxylic acid groups (broad SMARTS) is 4. The summed E-state index contributed by atoms with van der Waals surface area (Å²) in [6, 6.07) is 33.0. The third kappa shape index (κ3) is 36.0. The lowest BCUT2D eigenvalue weighted by Gasteiger charge is -2.20. The van der Waals surface area contributed by atoms with Crippen molar-refractivity contribution in [1.82, 2.24) is 0 Å². The number of carbonyl (C=O) groups is 8. The lowest BCUT2D eigenvalue weighted by molar-refractivity contribution is -0.138. The summed E-state index contributed by atoms with van der Waals surface area (Å²) in [7, 11) is 0. The Balaban J connectivity index is 0.000000267. The second kappa shape index (κ2) is 55.7. The van der Waals surface area contributed by atoms with E-state index in [-0.39, 0.29) is 73.0 Å². The zero-order valence-electron chi connectivity index (χ0n) is 69.0. The number of aliphatic carboxylic acids is 4. The topological polar surface area (TPSA) is 298 Å². The van der Waals surface area contributed by atoms with Crippen LogP contribution in [0.5, 0.6) is 0 Å². The van der Waals surface area contributed by atoms with Crippen LogP contribution >= 0.6 is 0 Å². The highest BCUT2D eigenvalue weighted by atomic mass is 16.4. The first-order chi connectivity index (χ1) is 54.1. The smallest absolute Gasteiger partial charge is 0.303 e. The molecule has 4 fully saturated rings. The molecule has 4 aliphatic rings. The minimum absolute atomic E-state index is 0.0970. The standard InChI is InChI=1S/4C24H36O4/c4*1-2-3-6-10-22(25)19-14-12-18(13-15-19)20-16-17-23(26)21(20)9-7-4-5-8-11-24(27)28/h4*12-15,20-22,25H,2-11,16-17H2,1H3,(H,27,28)/t2*20-,21-,22+;2*20-,21-,22-/m1010/s1. The van der Waals surface area contributed by atoms with Crippen molar-refractivity contribution in [3.05, 3.63) is 142 Å². The van der Waals surface area contributed by atoms with E-state index in [0.29, 0.717) is 48.8 Å². The number of carbonyl (C=O) groups excluding carboxylic acids is 4. The summed E-state index contributed by atoms with van der Waals surface area (Å²) in [6.45, 7) is 8.65. The van der Waals surface area contributed by atoms with Gasteiger partial charge in [0, 0.05) is 75.0 Å². The molecule has 0 aromatic heterocycles. The number of aliphatic hydroxyl groups excluding tert-OH is 4. The van der Waals surface area contributed by atoms with Crippen LogP contribution < -0.4 is 0 Å². The second-order valence-corrected chi connectivity index (χ2v) is 33.0. The normalized spacial score (nSPS) is 20.4. The lowest BCUT2D eigenvalue weighted by Crippen LogP contribution is -2.13. The van der Waals surface area contributed by atoms with Gasteiger partial charge in [-0.25, -0.2) is 0 Å². The number of hydrogen-bond acceptors (Lipinski definition) is 12. The van der Waals surface area contributed by atoms with E-state index in [1.807, 2.05) is 48.5 Å². The highest BCUT2D eigenvalue weighted by Gasteiger charge is 2.39. The predicted octanol–water partition coefficient (Wildman–Crippen LogP) is 23.2. The summed E-state index contributed by atoms with van der Waals surface area (Å²) in [4.78, 5) is 91.7. The molecule has 0 heterocycles. The van der Waals surface area contributed by atoms with Gasteiger partial charge in [-0.3, -0.25) is 38.4 Å². The molecule has 8 rings (SSSR count). The van der Waals surface area contributed by atoms with Crippen molar-refractivity contribution in [2.24, 2.45) is 23.7 Å². The van der Waals surface area contributed by atoms with Crippen molar-refractivity contribution in [2.45, 2.75) is 384 Å². The van der Waals surface area contributed by atoms with Crippen molar-refractivity contribution in [1.29, 1.82) is 0 Å². The van der Waals surface area contributed by atoms with Crippen LogP contribution in [-0.2, 0) is 38.4 Å². The third-order valence-electron chi connectivity index (χ3n) is 24.3. The van der Waals surface area contributed by atoms with E-state index in [4.69, 9.17) is 20.4 Å². The molecule has 0 radical (unpaired) electrons. The van der Waals surface area contributed by atoms with Gasteiger partial charge in [-0.2, -0.15) is 0 Å². The van der Waals surface area contributed by atoms with Crippen LogP contribution in [0.4, 0.5) is 0 Å². The monoisotopic (exact) mass is 1550 g/mol. The van der Waals surface area contributed by atoms with Crippen molar-refractivity contribution in [3.8, 4) is 0 Å². The molecule has 16 heteroatoms. The minimum atomic E-state index is -0.732. The molecule has 0 bridgehead atoms. The van der Waals surface area contributed by atoms with E-state index >= 15 is 0 Å². The Morgan fingerprint density at radius 2 is 0.446 bits per heavy atom. The molecule has 0 amide bonds. The van der Waals surface area contributed by atoms with Gasteiger partial charge in [0.2, 0.25) is 0 Å². The Morgan fingerprint density at radius 3 is 0.616 bits per heavy atom. The van der Waals surface area contributed by atoms with Crippen LogP contribution in [0.15, 0.2) is 97.1 Å². The van der Waals surface area contributed by atoms with Crippen LogP contribution in [0, 0.1) is 23.7 Å². The summed E-state index contributed by atoms with van der Waals surface area (Å²) in [5, 5.41) is 76.1. The molecular weight excluding hydrogens is 1410 g/mol. The summed E-state index contributed by atoms with van der Waals surface area (Å²) in [6.07, 6.45) is 40.4. The molecule has 12 atom stereocenters. The fraction of sp³-hybridized carbons (Fsp3) is 0.667. The number of benzene rings is 4. The second-order valence-electron chi connectivity index (χ2n) is 33.0. The number of ketones is 4. The number of hydrogen-bond donors (Lipinski definition) is 8. The molecule has 0 saturated heterocycles. The molecule has 4 aromatic carbocycles. The molecule has 4 aromatic rings. The fourth-order valence-corrected chi connectivity index (χ4v) is 17.5. The van der Waals surface area contributed by atoms with Gasteiger partial charge in [0.25, 0.3) is 0 Å². The lowest BCUT2D eigenvalue weighted by atomic mass is 9.84. The molecule has 8 N–H and O–H groups in total. The van der Waals surface area contributed by atoms with Gasteiger partial charge in [-0.1, -0.05) is 279 Å². The minimum Gasteiger partial charge on any atom is -0.481 e. The molecular formula is C96H144O16. The predicted molar refractivity (Wildman–Crippen MR) is 445 cm³/mol. The van der Waals surface area contributed by atoms with Crippen molar-refractivity contribution in [3.63, 3.8) is 0 Å². The Morgan fingerprint density at radius 1 is 0.268 bits per heavy atom. The SMILES string of the molecule is CCCCC[C@@H](O)c1ccc([C@@H]2CCC(=O)[C@H]2CCCCCCC(=O)O)cc1.CCCCC[C@@H](O)c1ccc([C@H]2CCC(=O)[C@@H]2CCCCCCC(=O)O)cc1.CCCCC[C@H](O)c1ccc([C@@H]2CCC(=O)[C@H]2CCCCCCC(=O)O)cc1.CCCCC[C@H](O)c1ccc([C@H]2CCC(=O)[C@@H]2CCCCCCC(=O)O)cc1. The first kappa shape index (κ1) is 95.9. The maximum absolute atomic E-state index is 12.4. The zero-order valence-corrected chi connectivity index (χ0v) is 69.0. The summed E-state index contributed by atoms with van der Waals surface area (Å²) >= 11 is 0. The van der Waals surface area contributed by atoms with Gasteiger partial charge in [0.05, 0.1) is 24.4 Å². The fourth-order valence-electron chi connectivity index (χ4n) is 17.5. The average Bonchev–Trinajstić information content (AvgIpc) is 1.68. The molecule has 112 heavy (non-hydrogen) atoms. The first-order valence-corrected chi connectivity index (χ1v) is 44.2. The maximum Gasteiger partial charge on any atom is 0.303 e.